The zero-order chi connectivity index (χ0) is 19.3. The molecule has 28 heavy (non-hydrogen) atoms. The van der Waals surface area contributed by atoms with Gasteiger partial charge in [-0.05, 0) is 43.3 Å². The van der Waals surface area contributed by atoms with Crippen LogP contribution < -0.4 is 10.1 Å². The van der Waals surface area contributed by atoms with Gasteiger partial charge in [-0.3, -0.25) is 4.79 Å². The topological polar surface area (TPSA) is 51.2 Å². The molecule has 3 aromatic carbocycles. The number of fused-ring (bicyclic) bond motifs is 1. The number of nitrogens with zero attached hydrogens (tertiary/aromatic N) is 1. The summed E-state index contributed by atoms with van der Waals surface area (Å²) < 4.78 is 5.66. The van der Waals surface area contributed by atoms with Crippen LogP contribution >= 0.6 is 0 Å². The first-order chi connectivity index (χ1) is 13.7. The van der Waals surface area contributed by atoms with Crippen LogP contribution in [0.15, 0.2) is 91.0 Å². The van der Waals surface area contributed by atoms with Crippen molar-refractivity contribution in [1.82, 2.24) is 4.98 Å². The van der Waals surface area contributed by atoms with Gasteiger partial charge in [0.15, 0.2) is 6.10 Å². The molecule has 0 spiro atoms. The summed E-state index contributed by atoms with van der Waals surface area (Å²) in [6, 6.07) is 29.1. The predicted molar refractivity (Wildman–Crippen MR) is 112 cm³/mol. The highest BCUT2D eigenvalue weighted by atomic mass is 16.5. The second-order valence-electron chi connectivity index (χ2n) is 6.53. The Labute approximate surface area is 163 Å². The average molecular weight is 368 g/mol. The maximum atomic E-state index is 12.4. The third kappa shape index (κ3) is 4.01. The largest absolute Gasteiger partial charge is 0.481 e. The van der Waals surface area contributed by atoms with E-state index in [1.807, 2.05) is 84.9 Å². The summed E-state index contributed by atoms with van der Waals surface area (Å²) in [7, 11) is 0. The summed E-state index contributed by atoms with van der Waals surface area (Å²) in [6.45, 7) is 1.73. The number of para-hydroxylation sites is 2. The fourth-order valence-corrected chi connectivity index (χ4v) is 2.95. The van der Waals surface area contributed by atoms with Crippen LogP contribution in [-0.2, 0) is 4.79 Å². The van der Waals surface area contributed by atoms with Crippen molar-refractivity contribution in [2.75, 3.05) is 5.32 Å². The zero-order valence-electron chi connectivity index (χ0n) is 15.5. The van der Waals surface area contributed by atoms with E-state index < -0.39 is 6.10 Å². The summed E-state index contributed by atoms with van der Waals surface area (Å²) >= 11 is 0. The molecule has 0 aliphatic carbocycles. The van der Waals surface area contributed by atoms with Crippen molar-refractivity contribution in [3.05, 3.63) is 91.0 Å². The molecular weight excluding hydrogens is 348 g/mol. The number of aromatic nitrogens is 1. The number of hydrogen-bond acceptors (Lipinski definition) is 3. The molecule has 4 rings (SSSR count). The van der Waals surface area contributed by atoms with Crippen molar-refractivity contribution in [2.45, 2.75) is 13.0 Å². The van der Waals surface area contributed by atoms with Crippen LogP contribution in [0.3, 0.4) is 0 Å². The number of anilines is 1. The molecule has 4 aromatic rings. The minimum Gasteiger partial charge on any atom is -0.481 e. The Kier molecular flexibility index (Phi) is 5.02. The van der Waals surface area contributed by atoms with E-state index >= 15 is 0 Å². The third-order valence-electron chi connectivity index (χ3n) is 4.47. The Morgan fingerprint density at radius 3 is 2.36 bits per heavy atom. The molecule has 0 saturated carbocycles. The number of hydrogen-bond donors (Lipinski definition) is 1. The molecule has 1 atom stereocenters. The molecule has 0 aliphatic rings. The van der Waals surface area contributed by atoms with Gasteiger partial charge >= 0.3 is 0 Å². The van der Waals surface area contributed by atoms with Crippen LogP contribution in [-0.4, -0.2) is 17.0 Å². The number of nitrogens with one attached hydrogen (secondary N) is 1. The second kappa shape index (κ2) is 7.92. The fraction of sp³-hybridized carbons (Fsp3) is 0.0833. The number of benzene rings is 3. The van der Waals surface area contributed by atoms with Crippen molar-refractivity contribution in [3.8, 4) is 17.0 Å². The van der Waals surface area contributed by atoms with Gasteiger partial charge in [-0.1, -0.05) is 54.6 Å². The van der Waals surface area contributed by atoms with Gasteiger partial charge in [-0.25, -0.2) is 4.98 Å². The molecule has 0 radical (unpaired) electrons. The lowest BCUT2D eigenvalue weighted by Gasteiger charge is -2.15. The van der Waals surface area contributed by atoms with Crippen LogP contribution in [0, 0.1) is 0 Å². The number of pyridine rings is 1. The van der Waals surface area contributed by atoms with Gasteiger partial charge < -0.3 is 10.1 Å². The third-order valence-corrected chi connectivity index (χ3v) is 4.47. The Morgan fingerprint density at radius 2 is 1.57 bits per heavy atom. The first-order valence-corrected chi connectivity index (χ1v) is 9.18. The van der Waals surface area contributed by atoms with Gasteiger partial charge in [-0.2, -0.15) is 0 Å². The van der Waals surface area contributed by atoms with E-state index in [9.17, 15) is 4.79 Å². The van der Waals surface area contributed by atoms with Crippen LogP contribution in [0.25, 0.3) is 22.2 Å². The summed E-state index contributed by atoms with van der Waals surface area (Å²) in [4.78, 5) is 17.1. The van der Waals surface area contributed by atoms with Gasteiger partial charge in [0.2, 0.25) is 0 Å². The molecule has 0 aliphatic heterocycles. The Hall–Kier alpha value is -3.66. The molecule has 138 valence electrons. The van der Waals surface area contributed by atoms with Crippen LogP contribution in [0.5, 0.6) is 5.75 Å². The van der Waals surface area contributed by atoms with Gasteiger partial charge in [0, 0.05) is 16.6 Å². The number of rotatable bonds is 5. The zero-order valence-corrected chi connectivity index (χ0v) is 15.5. The average Bonchev–Trinajstić information content (AvgIpc) is 2.74. The predicted octanol–water partition coefficient (Wildman–Crippen LogP) is 5.31. The van der Waals surface area contributed by atoms with Crippen LogP contribution in [0.1, 0.15) is 6.92 Å². The van der Waals surface area contributed by atoms with E-state index in [0.717, 1.165) is 27.8 Å². The number of carbonyl (C=O) groups excluding carboxylic acids is 1. The minimum absolute atomic E-state index is 0.194. The van der Waals surface area contributed by atoms with Crippen molar-refractivity contribution in [1.29, 1.82) is 0 Å². The Morgan fingerprint density at radius 1 is 0.857 bits per heavy atom. The van der Waals surface area contributed by atoms with E-state index in [1.165, 1.54) is 0 Å². The van der Waals surface area contributed by atoms with Gasteiger partial charge in [0.1, 0.15) is 5.75 Å². The lowest BCUT2D eigenvalue weighted by atomic mass is 10.1. The molecule has 1 N–H and O–H groups in total. The van der Waals surface area contributed by atoms with E-state index in [0.29, 0.717) is 5.75 Å². The lowest BCUT2D eigenvalue weighted by molar-refractivity contribution is -0.122. The molecule has 1 aromatic heterocycles. The van der Waals surface area contributed by atoms with Crippen molar-refractivity contribution < 1.29 is 9.53 Å². The lowest BCUT2D eigenvalue weighted by Crippen LogP contribution is -2.30. The summed E-state index contributed by atoms with van der Waals surface area (Å²) in [6.07, 6.45) is -0.593. The Balaban J connectivity index is 1.44. The molecule has 1 heterocycles. The number of amides is 1. The van der Waals surface area contributed by atoms with E-state index in [-0.39, 0.29) is 5.91 Å². The monoisotopic (exact) mass is 368 g/mol. The standard InChI is InChI=1S/C24H20N2O2/c1-17(28-21-8-3-2-4-9-21)24(27)25-20-14-11-19(12-15-20)23-16-13-18-7-5-6-10-22(18)26-23/h2-17H,1H3,(H,25,27)/t17-/m1/s1. The number of ether oxygens (including phenoxy) is 1. The van der Waals surface area contributed by atoms with Crippen LogP contribution in [0.2, 0.25) is 0 Å². The van der Waals surface area contributed by atoms with Crippen molar-refractivity contribution in [2.24, 2.45) is 0 Å². The van der Waals surface area contributed by atoms with E-state index in [4.69, 9.17) is 9.72 Å². The maximum absolute atomic E-state index is 12.4. The molecule has 4 heteroatoms. The summed E-state index contributed by atoms with van der Waals surface area (Å²) in [5, 5.41) is 4.00. The molecule has 1 amide bonds. The quantitative estimate of drug-likeness (QED) is 0.519. The maximum Gasteiger partial charge on any atom is 0.265 e. The van der Waals surface area contributed by atoms with E-state index in [1.54, 1.807) is 6.92 Å². The number of carbonyl (C=O) groups is 1. The van der Waals surface area contributed by atoms with Gasteiger partial charge in [0.05, 0.1) is 11.2 Å². The minimum atomic E-state index is -0.593. The summed E-state index contributed by atoms with van der Waals surface area (Å²) in [5.74, 6) is 0.475. The molecular formula is C24H20N2O2. The molecule has 0 fully saturated rings. The first-order valence-electron chi connectivity index (χ1n) is 9.18. The molecule has 0 saturated heterocycles. The van der Waals surface area contributed by atoms with Gasteiger partial charge in [-0.15, -0.1) is 0 Å². The SMILES string of the molecule is C[C@@H](Oc1ccccc1)C(=O)Nc1ccc(-c2ccc3ccccc3n2)cc1. The van der Waals surface area contributed by atoms with Gasteiger partial charge in [0.25, 0.3) is 5.91 Å². The second-order valence-corrected chi connectivity index (χ2v) is 6.53. The highest BCUT2D eigenvalue weighted by Crippen LogP contribution is 2.23. The van der Waals surface area contributed by atoms with Crippen molar-refractivity contribution in [3.63, 3.8) is 0 Å². The molecule has 4 nitrogen and oxygen atoms in total. The first kappa shape index (κ1) is 17.7. The normalized spacial score (nSPS) is 11.8. The van der Waals surface area contributed by atoms with Crippen LogP contribution in [0.4, 0.5) is 5.69 Å². The fourth-order valence-electron chi connectivity index (χ4n) is 2.95. The summed E-state index contributed by atoms with van der Waals surface area (Å²) in [5.41, 5.74) is 3.58. The highest BCUT2D eigenvalue weighted by Gasteiger charge is 2.14. The molecule has 0 bridgehead atoms. The smallest absolute Gasteiger partial charge is 0.265 e. The van der Waals surface area contributed by atoms with E-state index in [2.05, 4.69) is 11.4 Å². The Bertz CT molecular complexity index is 1090. The van der Waals surface area contributed by atoms with Crippen molar-refractivity contribution >= 4 is 22.5 Å². The highest BCUT2D eigenvalue weighted by molar-refractivity contribution is 5.94. The molecule has 0 unspecified atom stereocenters.